The summed E-state index contributed by atoms with van der Waals surface area (Å²) in [7, 11) is 0. The first-order valence-corrected chi connectivity index (χ1v) is 23.2. The first-order chi connectivity index (χ1) is 32.2. The largest absolute Gasteiger partial charge is 0.309 e. The molecule has 0 saturated carbocycles. The fourth-order valence-electron chi connectivity index (χ4n) is 11.5. The Morgan fingerprint density at radius 1 is 0.288 bits per heavy atom. The highest BCUT2D eigenvalue weighted by atomic mass is 15.0. The van der Waals surface area contributed by atoms with Crippen LogP contribution in [0, 0.1) is 0 Å². The lowest BCUT2D eigenvalue weighted by Gasteiger charge is -2.22. The monoisotopic (exact) mass is 844 g/mol. The summed E-state index contributed by atoms with van der Waals surface area (Å²) in [5, 5.41) is 5.15. The van der Waals surface area contributed by atoms with Crippen LogP contribution in [0.2, 0.25) is 0 Å². The number of fused-ring (bicyclic) bond motifs is 12. The Bertz CT molecular complexity index is 3500. The van der Waals surface area contributed by atoms with Crippen LogP contribution in [0.1, 0.15) is 72.2 Å². The van der Waals surface area contributed by atoms with Crippen LogP contribution in [-0.4, -0.2) is 9.13 Å². The second-order valence-corrected chi connectivity index (χ2v) is 19.4. The Balaban J connectivity index is 0.732. The molecule has 2 aliphatic carbocycles. The molecule has 9 aromatic carbocycles. The molecule has 0 fully saturated rings. The zero-order valence-electron chi connectivity index (χ0n) is 37.7. The average molecular weight is 845 g/mol. The first kappa shape index (κ1) is 38.5. The van der Waals surface area contributed by atoms with Crippen molar-refractivity contribution in [3.63, 3.8) is 0 Å². The maximum Gasteiger partial charge on any atom is 0.0541 e. The predicted octanol–water partition coefficient (Wildman–Crippen LogP) is 16.8. The van der Waals surface area contributed by atoms with Gasteiger partial charge in [0.1, 0.15) is 0 Å². The third kappa shape index (κ3) is 5.74. The summed E-state index contributed by atoms with van der Waals surface area (Å²) in [6, 6.07) is 72.0. The van der Waals surface area contributed by atoms with Crippen molar-refractivity contribution in [2.45, 2.75) is 38.5 Å². The van der Waals surface area contributed by atoms with Gasteiger partial charge in [0.25, 0.3) is 0 Å². The first-order valence-electron chi connectivity index (χ1n) is 23.2. The number of hydrogen-bond donors (Lipinski definition) is 0. The minimum atomic E-state index is -0.131. The van der Waals surface area contributed by atoms with E-state index < -0.39 is 0 Å². The smallest absolute Gasteiger partial charge is 0.0541 e. The van der Waals surface area contributed by atoms with Gasteiger partial charge in [-0.05, 0) is 115 Å². The Morgan fingerprint density at radius 3 is 0.909 bits per heavy atom. The van der Waals surface area contributed by atoms with E-state index in [4.69, 9.17) is 0 Å². The summed E-state index contributed by atoms with van der Waals surface area (Å²) in [6.07, 6.45) is 8.98. The number of para-hydroxylation sites is 4. The molecular formula is C64H48N2. The molecule has 2 aliphatic rings. The van der Waals surface area contributed by atoms with Crippen molar-refractivity contribution < 1.29 is 0 Å². The van der Waals surface area contributed by atoms with Crippen molar-refractivity contribution >= 4 is 67.9 Å². The van der Waals surface area contributed by atoms with Crippen LogP contribution in [-0.2, 0) is 10.8 Å². The maximum absolute atomic E-state index is 2.43. The SMILES string of the molecule is CC1(C)c2cc(/C=C/c3ccc(/C=C/c4ccc5c(c4)C(C)(C)c4cc(-n6c7ccccc7c7ccccc76)ccc4-5)cc3)ccc2-c2ccc(-n3c4ccccc4c4ccccc43)cc21. The summed E-state index contributed by atoms with van der Waals surface area (Å²) in [5.74, 6) is 0. The highest BCUT2D eigenvalue weighted by Gasteiger charge is 2.37. The standard InChI is InChI=1S/C64H48N2/c1-63(2)55-37-43(29-33-47(55)49-35-31-45(39-57(49)63)65-59-17-9-5-13-51(59)52-14-6-10-18-60(52)65)27-25-41-21-23-42(24-22-41)26-28-44-30-34-48-50-36-32-46(40-58(50)64(3,4)56(48)38-44)66-61-19-11-7-15-53(61)54-16-8-12-20-62(54)66/h5-40H,1-4H3/b27-25+,28-26+. The normalized spacial score (nSPS) is 14.5. The van der Waals surface area contributed by atoms with Crippen LogP contribution in [0.3, 0.4) is 0 Å². The second kappa shape index (κ2) is 14.3. The highest BCUT2D eigenvalue weighted by Crippen LogP contribution is 2.51. The molecule has 0 saturated heterocycles. The van der Waals surface area contributed by atoms with Crippen LogP contribution in [0.5, 0.6) is 0 Å². The van der Waals surface area contributed by atoms with E-state index in [0.717, 1.165) is 0 Å². The van der Waals surface area contributed by atoms with Gasteiger partial charge in [-0.1, -0.05) is 198 Å². The van der Waals surface area contributed by atoms with Gasteiger partial charge >= 0.3 is 0 Å². The minimum Gasteiger partial charge on any atom is -0.309 e. The lowest BCUT2D eigenvalue weighted by atomic mass is 9.81. The van der Waals surface area contributed by atoms with E-state index in [0.29, 0.717) is 0 Å². The molecule has 2 nitrogen and oxygen atoms in total. The molecule has 2 heteroatoms. The van der Waals surface area contributed by atoms with Crippen molar-refractivity contribution in [2.75, 3.05) is 0 Å². The molecule has 13 rings (SSSR count). The lowest BCUT2D eigenvalue weighted by Crippen LogP contribution is -2.15. The number of rotatable bonds is 6. The average Bonchev–Trinajstić information content (AvgIpc) is 4.01. The van der Waals surface area contributed by atoms with Crippen LogP contribution < -0.4 is 0 Å². The van der Waals surface area contributed by atoms with E-state index in [1.807, 2.05) is 0 Å². The maximum atomic E-state index is 2.43. The van der Waals surface area contributed by atoms with E-state index in [1.165, 1.54) is 122 Å². The Kier molecular flexibility index (Phi) is 8.33. The summed E-state index contributed by atoms with van der Waals surface area (Å²) in [6.45, 7) is 9.50. The molecule has 0 radical (unpaired) electrons. The molecule has 2 heterocycles. The lowest BCUT2D eigenvalue weighted by molar-refractivity contribution is 0.659. The molecule has 66 heavy (non-hydrogen) atoms. The number of hydrogen-bond acceptors (Lipinski definition) is 0. The molecule has 0 spiro atoms. The molecule has 0 amide bonds. The van der Waals surface area contributed by atoms with Crippen LogP contribution >= 0.6 is 0 Å². The second-order valence-electron chi connectivity index (χ2n) is 19.4. The predicted molar refractivity (Wildman–Crippen MR) is 281 cm³/mol. The molecule has 11 aromatic rings. The molecule has 0 unspecified atom stereocenters. The number of aromatic nitrogens is 2. The van der Waals surface area contributed by atoms with Gasteiger partial charge in [0, 0.05) is 43.7 Å². The topological polar surface area (TPSA) is 9.86 Å². The van der Waals surface area contributed by atoms with Crippen LogP contribution in [0.15, 0.2) is 194 Å². The number of benzene rings is 9. The Labute approximate surface area is 386 Å². The van der Waals surface area contributed by atoms with E-state index >= 15 is 0 Å². The van der Waals surface area contributed by atoms with Gasteiger partial charge in [-0.3, -0.25) is 0 Å². The molecule has 314 valence electrons. The Morgan fingerprint density at radius 2 is 0.561 bits per heavy atom. The van der Waals surface area contributed by atoms with Gasteiger partial charge in [-0.2, -0.15) is 0 Å². The molecular weight excluding hydrogens is 797 g/mol. The molecule has 0 atom stereocenters. The zero-order chi connectivity index (χ0) is 44.3. The van der Waals surface area contributed by atoms with Crippen molar-refractivity contribution in [1.82, 2.24) is 9.13 Å². The Hall–Kier alpha value is -7.94. The molecule has 0 aliphatic heterocycles. The van der Waals surface area contributed by atoms with Crippen molar-refractivity contribution in [2.24, 2.45) is 0 Å². The third-order valence-electron chi connectivity index (χ3n) is 14.9. The van der Waals surface area contributed by atoms with Gasteiger partial charge in [-0.25, -0.2) is 0 Å². The summed E-state index contributed by atoms with van der Waals surface area (Å²) < 4.78 is 4.85. The minimum absolute atomic E-state index is 0.131. The van der Waals surface area contributed by atoms with Gasteiger partial charge in [0.05, 0.1) is 22.1 Å². The van der Waals surface area contributed by atoms with E-state index in [9.17, 15) is 0 Å². The van der Waals surface area contributed by atoms with E-state index in [1.54, 1.807) is 0 Å². The van der Waals surface area contributed by atoms with E-state index in [2.05, 4.69) is 255 Å². The van der Waals surface area contributed by atoms with Gasteiger partial charge < -0.3 is 9.13 Å². The molecule has 0 N–H and O–H groups in total. The molecule has 2 aromatic heterocycles. The quantitative estimate of drug-likeness (QED) is 0.148. The third-order valence-corrected chi connectivity index (χ3v) is 14.9. The van der Waals surface area contributed by atoms with Crippen molar-refractivity contribution in [3.05, 3.63) is 239 Å². The van der Waals surface area contributed by atoms with E-state index in [-0.39, 0.29) is 10.8 Å². The summed E-state index contributed by atoms with van der Waals surface area (Å²) >= 11 is 0. The van der Waals surface area contributed by atoms with Crippen molar-refractivity contribution in [3.8, 4) is 33.6 Å². The van der Waals surface area contributed by atoms with Crippen LogP contribution in [0.25, 0.3) is 102 Å². The van der Waals surface area contributed by atoms with Crippen molar-refractivity contribution in [1.29, 1.82) is 0 Å². The zero-order valence-corrected chi connectivity index (χ0v) is 37.7. The van der Waals surface area contributed by atoms with Gasteiger partial charge in [-0.15, -0.1) is 0 Å². The fourth-order valence-corrected chi connectivity index (χ4v) is 11.5. The summed E-state index contributed by atoms with van der Waals surface area (Å²) in [5.41, 5.74) is 22.7. The van der Waals surface area contributed by atoms with Crippen LogP contribution in [0.4, 0.5) is 0 Å². The summed E-state index contributed by atoms with van der Waals surface area (Å²) in [4.78, 5) is 0. The fraction of sp³-hybridized carbons (Fsp3) is 0.0938. The number of nitrogens with zero attached hydrogens (tertiary/aromatic N) is 2. The molecule has 0 bridgehead atoms. The van der Waals surface area contributed by atoms with Gasteiger partial charge in [0.2, 0.25) is 0 Å². The highest BCUT2D eigenvalue weighted by molar-refractivity contribution is 6.10. The van der Waals surface area contributed by atoms with Gasteiger partial charge in [0.15, 0.2) is 0 Å².